The number of nitrogens with zero attached hydrogens (tertiary/aromatic N) is 8. The standard InChI is InChI=1S/C17H20N8/c1-11-4-18-9-19-16(11)24-7-13-5-23(6-14(13)8-24)15-3-12(2)22-17-20-10-21-25(15)17/h3-4,9-10,13-14H,5-8H2,1-2H3. The van der Waals surface area contributed by atoms with E-state index < -0.39 is 0 Å². The van der Waals surface area contributed by atoms with E-state index in [1.54, 1.807) is 12.7 Å². The molecule has 8 nitrogen and oxygen atoms in total. The van der Waals surface area contributed by atoms with Gasteiger partial charge in [0, 0.05) is 61.5 Å². The lowest BCUT2D eigenvalue weighted by Crippen LogP contribution is -2.30. The molecule has 128 valence electrons. The molecule has 0 N–H and O–H groups in total. The second-order valence-electron chi connectivity index (χ2n) is 7.09. The summed E-state index contributed by atoms with van der Waals surface area (Å²) in [7, 11) is 0. The molecule has 3 aromatic heterocycles. The van der Waals surface area contributed by atoms with E-state index in [4.69, 9.17) is 0 Å². The third kappa shape index (κ3) is 2.32. The fourth-order valence-electron chi connectivity index (χ4n) is 4.21. The van der Waals surface area contributed by atoms with Crippen LogP contribution in [0.15, 0.2) is 24.9 Å². The van der Waals surface area contributed by atoms with Crippen molar-refractivity contribution in [2.45, 2.75) is 13.8 Å². The maximum Gasteiger partial charge on any atom is 0.254 e. The lowest BCUT2D eigenvalue weighted by molar-refractivity contribution is 0.533. The van der Waals surface area contributed by atoms with E-state index >= 15 is 0 Å². The minimum atomic E-state index is 0.640. The van der Waals surface area contributed by atoms with Crippen molar-refractivity contribution in [1.82, 2.24) is 29.5 Å². The van der Waals surface area contributed by atoms with Gasteiger partial charge >= 0.3 is 0 Å². The Labute approximate surface area is 145 Å². The van der Waals surface area contributed by atoms with Crippen LogP contribution in [0.3, 0.4) is 0 Å². The van der Waals surface area contributed by atoms with Crippen molar-refractivity contribution >= 4 is 17.4 Å². The highest BCUT2D eigenvalue weighted by Crippen LogP contribution is 2.36. The van der Waals surface area contributed by atoms with Crippen LogP contribution in [-0.2, 0) is 0 Å². The van der Waals surface area contributed by atoms with E-state index in [9.17, 15) is 0 Å². The molecule has 0 saturated carbocycles. The van der Waals surface area contributed by atoms with E-state index in [1.165, 1.54) is 0 Å². The summed E-state index contributed by atoms with van der Waals surface area (Å²) in [4.78, 5) is 22.1. The summed E-state index contributed by atoms with van der Waals surface area (Å²) >= 11 is 0. The zero-order valence-corrected chi connectivity index (χ0v) is 14.4. The Morgan fingerprint density at radius 2 is 1.72 bits per heavy atom. The molecule has 2 unspecified atom stereocenters. The van der Waals surface area contributed by atoms with Crippen molar-refractivity contribution in [3.05, 3.63) is 36.2 Å². The number of anilines is 2. The van der Waals surface area contributed by atoms with Crippen LogP contribution in [0.5, 0.6) is 0 Å². The molecule has 0 spiro atoms. The smallest absolute Gasteiger partial charge is 0.254 e. The zero-order valence-electron chi connectivity index (χ0n) is 14.4. The molecule has 2 atom stereocenters. The van der Waals surface area contributed by atoms with Gasteiger partial charge in [0.05, 0.1) is 0 Å². The molecule has 0 aromatic carbocycles. The van der Waals surface area contributed by atoms with Crippen LogP contribution < -0.4 is 9.80 Å². The SMILES string of the molecule is Cc1cc(N2CC3CN(c4ncncc4C)CC3C2)n2ncnc2n1. The highest BCUT2D eigenvalue weighted by Gasteiger charge is 2.41. The van der Waals surface area contributed by atoms with E-state index in [0.29, 0.717) is 17.6 Å². The molecule has 8 heteroatoms. The Balaban J connectivity index is 1.39. The van der Waals surface area contributed by atoms with Crippen molar-refractivity contribution in [3.63, 3.8) is 0 Å². The molecule has 0 aliphatic carbocycles. The molecule has 0 bridgehead atoms. The summed E-state index contributed by atoms with van der Waals surface area (Å²) in [6, 6.07) is 2.11. The van der Waals surface area contributed by atoms with Gasteiger partial charge < -0.3 is 9.80 Å². The topological polar surface area (TPSA) is 75.3 Å². The fraction of sp³-hybridized carbons (Fsp3) is 0.471. The third-order valence-electron chi connectivity index (χ3n) is 5.34. The minimum absolute atomic E-state index is 0.640. The summed E-state index contributed by atoms with van der Waals surface area (Å²) in [5.41, 5.74) is 2.12. The van der Waals surface area contributed by atoms with Gasteiger partial charge in [-0.1, -0.05) is 0 Å². The number of aryl methyl sites for hydroxylation is 2. The number of hydrogen-bond acceptors (Lipinski definition) is 7. The molecule has 2 aliphatic rings. The van der Waals surface area contributed by atoms with Gasteiger partial charge in [-0.05, 0) is 13.8 Å². The lowest BCUT2D eigenvalue weighted by atomic mass is 10.0. The maximum absolute atomic E-state index is 4.48. The predicted octanol–water partition coefficient (Wildman–Crippen LogP) is 1.10. The van der Waals surface area contributed by atoms with Crippen molar-refractivity contribution in [1.29, 1.82) is 0 Å². The quantitative estimate of drug-likeness (QED) is 0.694. The molecule has 3 aromatic rings. The Hall–Kier alpha value is -2.77. The van der Waals surface area contributed by atoms with Gasteiger partial charge in [-0.2, -0.15) is 14.6 Å². The van der Waals surface area contributed by atoms with Gasteiger partial charge in [0.1, 0.15) is 24.3 Å². The van der Waals surface area contributed by atoms with Crippen molar-refractivity contribution in [3.8, 4) is 0 Å². The van der Waals surface area contributed by atoms with Gasteiger partial charge in [0.15, 0.2) is 0 Å². The predicted molar refractivity (Wildman–Crippen MR) is 93.7 cm³/mol. The van der Waals surface area contributed by atoms with Gasteiger partial charge in [-0.3, -0.25) is 0 Å². The molecule has 5 heterocycles. The number of fused-ring (bicyclic) bond motifs is 2. The van der Waals surface area contributed by atoms with Crippen LogP contribution in [0.1, 0.15) is 11.3 Å². The molecule has 5 rings (SSSR count). The summed E-state index contributed by atoms with van der Waals surface area (Å²) in [5.74, 6) is 4.13. The van der Waals surface area contributed by atoms with Crippen LogP contribution in [0.25, 0.3) is 5.78 Å². The summed E-state index contributed by atoms with van der Waals surface area (Å²) in [6.45, 7) is 8.24. The fourth-order valence-corrected chi connectivity index (χ4v) is 4.21. The van der Waals surface area contributed by atoms with Gasteiger partial charge in [-0.25, -0.2) is 15.0 Å². The van der Waals surface area contributed by atoms with Crippen molar-refractivity contribution in [2.75, 3.05) is 36.0 Å². The first kappa shape index (κ1) is 14.6. The lowest BCUT2D eigenvalue weighted by Gasteiger charge is -2.24. The Morgan fingerprint density at radius 3 is 2.48 bits per heavy atom. The van der Waals surface area contributed by atoms with Gasteiger partial charge in [0.25, 0.3) is 5.78 Å². The largest absolute Gasteiger partial charge is 0.356 e. The number of hydrogen-bond donors (Lipinski definition) is 0. The Morgan fingerprint density at radius 1 is 0.960 bits per heavy atom. The van der Waals surface area contributed by atoms with Crippen LogP contribution in [0.2, 0.25) is 0 Å². The number of rotatable bonds is 2. The molecule has 2 aliphatic heterocycles. The van der Waals surface area contributed by atoms with E-state index in [2.05, 4.69) is 47.8 Å². The van der Waals surface area contributed by atoms with Crippen LogP contribution in [0, 0.1) is 25.7 Å². The second-order valence-corrected chi connectivity index (χ2v) is 7.09. The average Bonchev–Trinajstić information content (AvgIpc) is 3.27. The monoisotopic (exact) mass is 336 g/mol. The second kappa shape index (κ2) is 5.37. The summed E-state index contributed by atoms with van der Waals surface area (Å²) < 4.78 is 1.85. The van der Waals surface area contributed by atoms with Crippen LogP contribution in [0.4, 0.5) is 11.6 Å². The summed E-state index contributed by atoms with van der Waals surface area (Å²) in [5, 5.41) is 4.35. The molecule has 2 saturated heterocycles. The van der Waals surface area contributed by atoms with Crippen molar-refractivity contribution in [2.24, 2.45) is 11.8 Å². The maximum atomic E-state index is 4.48. The first-order valence-corrected chi connectivity index (χ1v) is 8.63. The first-order chi connectivity index (χ1) is 12.2. The Bertz CT molecular complexity index is 921. The normalized spacial score (nSPS) is 22.8. The molecule has 2 fully saturated rings. The van der Waals surface area contributed by atoms with Crippen LogP contribution >= 0.6 is 0 Å². The third-order valence-corrected chi connectivity index (χ3v) is 5.34. The van der Waals surface area contributed by atoms with Crippen molar-refractivity contribution < 1.29 is 0 Å². The van der Waals surface area contributed by atoms with E-state index in [1.807, 2.05) is 17.6 Å². The van der Waals surface area contributed by atoms with E-state index in [-0.39, 0.29) is 0 Å². The zero-order chi connectivity index (χ0) is 17.0. The summed E-state index contributed by atoms with van der Waals surface area (Å²) in [6.07, 6.45) is 5.11. The molecule has 0 radical (unpaired) electrons. The van der Waals surface area contributed by atoms with E-state index in [0.717, 1.165) is 49.1 Å². The average molecular weight is 336 g/mol. The minimum Gasteiger partial charge on any atom is -0.356 e. The molecular formula is C17H20N8. The molecule has 25 heavy (non-hydrogen) atoms. The molecule has 0 amide bonds. The highest BCUT2D eigenvalue weighted by atomic mass is 15.4. The van der Waals surface area contributed by atoms with Gasteiger partial charge in [0.2, 0.25) is 0 Å². The first-order valence-electron chi connectivity index (χ1n) is 8.63. The Kier molecular flexibility index (Phi) is 3.13. The highest BCUT2D eigenvalue weighted by molar-refractivity contribution is 5.51. The number of aromatic nitrogens is 6. The van der Waals surface area contributed by atoms with Crippen LogP contribution in [-0.4, -0.2) is 55.7 Å². The molecular weight excluding hydrogens is 316 g/mol. The van der Waals surface area contributed by atoms with Gasteiger partial charge in [-0.15, -0.1) is 0 Å².